The van der Waals surface area contributed by atoms with Crippen LogP contribution in [-0.2, 0) is 0 Å². The van der Waals surface area contributed by atoms with Gasteiger partial charge < -0.3 is 10.1 Å². The molecule has 3 rings (SSSR count). The van der Waals surface area contributed by atoms with E-state index in [1.807, 2.05) is 0 Å². The van der Waals surface area contributed by atoms with Gasteiger partial charge in [0.25, 0.3) is 11.1 Å². The summed E-state index contributed by atoms with van der Waals surface area (Å²) in [4.78, 5) is 17.1. The maximum absolute atomic E-state index is 12.2. The molecule has 0 bridgehead atoms. The molecule has 3 aromatic rings. The molecule has 1 heterocycles. The minimum Gasteiger partial charge on any atom is -0.431 e. The van der Waals surface area contributed by atoms with Gasteiger partial charge >= 0.3 is 0 Å². The van der Waals surface area contributed by atoms with Crippen molar-refractivity contribution in [3.8, 4) is 22.8 Å². The van der Waals surface area contributed by atoms with Gasteiger partial charge in [-0.15, -0.1) is 0 Å². The Hall–Kier alpha value is -2.52. The summed E-state index contributed by atoms with van der Waals surface area (Å²) in [6, 6.07) is 13.6. The van der Waals surface area contributed by atoms with Crippen molar-refractivity contribution in [1.82, 2.24) is 10.3 Å². The smallest absolute Gasteiger partial charge is 0.279 e. The van der Waals surface area contributed by atoms with Crippen LogP contribution < -0.4 is 10.1 Å². The van der Waals surface area contributed by atoms with Gasteiger partial charge in [0, 0.05) is 5.02 Å². The second-order valence-corrected chi connectivity index (χ2v) is 7.33. The summed E-state index contributed by atoms with van der Waals surface area (Å²) in [6.45, 7) is 1.80. The number of hydrogen-bond donors (Lipinski definition) is 1. The summed E-state index contributed by atoms with van der Waals surface area (Å²) < 4.78 is 5.65. The van der Waals surface area contributed by atoms with Gasteiger partial charge in [-0.2, -0.15) is 0 Å². The Kier molecular flexibility index (Phi) is 6.36. The number of ether oxygens (including phenoxy) is 1. The topological polar surface area (TPSA) is 51.2 Å². The third-order valence-electron chi connectivity index (χ3n) is 3.36. The molecule has 4 nitrogen and oxygen atoms in total. The summed E-state index contributed by atoms with van der Waals surface area (Å²) in [5, 5.41) is 4.26. The van der Waals surface area contributed by atoms with Gasteiger partial charge in [-0.05, 0) is 37.3 Å². The zero-order chi connectivity index (χ0) is 19.2. The van der Waals surface area contributed by atoms with Crippen molar-refractivity contribution in [3.05, 3.63) is 75.2 Å². The molecule has 136 valence electrons. The number of aromatic nitrogens is 1. The first-order chi connectivity index (χ1) is 13.0. The van der Waals surface area contributed by atoms with Crippen LogP contribution in [0.25, 0.3) is 0 Å². The standard InChI is InChI=1S/C20H14Cl2N2O2S/c1-13(24-19(25)17-7-2-3-8-18(17)22)9-10-16-12-23-20(27-16)26-15-6-4-5-14(21)11-15/h2-8,11-13H,1H3,(H,24,25). The second kappa shape index (κ2) is 8.92. The Bertz CT molecular complexity index is 1020. The second-order valence-electron chi connectivity index (χ2n) is 5.49. The lowest BCUT2D eigenvalue weighted by atomic mass is 10.2. The number of carbonyl (C=O) groups excluding carboxylic acids is 1. The van der Waals surface area contributed by atoms with Crippen molar-refractivity contribution < 1.29 is 9.53 Å². The molecule has 2 aromatic carbocycles. The SMILES string of the molecule is CC(C#Cc1cnc(Oc2cccc(Cl)c2)s1)NC(=O)c1ccccc1Cl. The molecule has 0 spiro atoms. The van der Waals surface area contributed by atoms with E-state index in [-0.39, 0.29) is 11.9 Å². The number of nitrogens with one attached hydrogen (secondary N) is 1. The summed E-state index contributed by atoms with van der Waals surface area (Å²) in [7, 11) is 0. The molecule has 7 heteroatoms. The lowest BCUT2D eigenvalue weighted by Gasteiger charge is -2.08. The molecule has 0 aliphatic heterocycles. The first-order valence-corrected chi connectivity index (χ1v) is 9.54. The van der Waals surface area contributed by atoms with E-state index in [1.165, 1.54) is 11.3 Å². The Morgan fingerprint density at radius 3 is 2.81 bits per heavy atom. The maximum Gasteiger partial charge on any atom is 0.279 e. The van der Waals surface area contributed by atoms with E-state index in [0.717, 1.165) is 4.88 Å². The highest BCUT2D eigenvalue weighted by Gasteiger charge is 2.11. The normalized spacial score (nSPS) is 11.2. The van der Waals surface area contributed by atoms with Gasteiger partial charge in [-0.3, -0.25) is 4.79 Å². The van der Waals surface area contributed by atoms with Gasteiger partial charge in [-0.25, -0.2) is 4.98 Å². The number of rotatable bonds is 4. The van der Waals surface area contributed by atoms with Crippen LogP contribution in [0, 0.1) is 11.8 Å². The molecular formula is C20H14Cl2N2O2S. The average molecular weight is 417 g/mol. The Morgan fingerprint density at radius 1 is 1.22 bits per heavy atom. The third-order valence-corrected chi connectivity index (χ3v) is 4.72. The van der Waals surface area contributed by atoms with E-state index in [4.69, 9.17) is 27.9 Å². The third kappa shape index (κ3) is 5.48. The fourth-order valence-electron chi connectivity index (χ4n) is 2.13. The van der Waals surface area contributed by atoms with Crippen molar-refractivity contribution >= 4 is 40.4 Å². The molecule has 1 N–H and O–H groups in total. The molecule has 1 amide bonds. The molecule has 1 aromatic heterocycles. The molecule has 0 aliphatic carbocycles. The molecule has 0 saturated heterocycles. The minimum atomic E-state index is -0.354. The summed E-state index contributed by atoms with van der Waals surface area (Å²) >= 11 is 13.3. The summed E-state index contributed by atoms with van der Waals surface area (Å²) in [6.07, 6.45) is 1.63. The van der Waals surface area contributed by atoms with E-state index in [0.29, 0.717) is 26.6 Å². The van der Waals surface area contributed by atoms with E-state index < -0.39 is 0 Å². The fraction of sp³-hybridized carbons (Fsp3) is 0.100. The van der Waals surface area contributed by atoms with Crippen LogP contribution in [0.2, 0.25) is 10.0 Å². The molecule has 0 saturated carbocycles. The molecule has 1 atom stereocenters. The zero-order valence-corrected chi connectivity index (χ0v) is 16.5. The average Bonchev–Trinajstić information content (AvgIpc) is 3.07. The first kappa shape index (κ1) is 19.2. The minimum absolute atomic E-state index is 0.267. The van der Waals surface area contributed by atoms with Crippen LogP contribution in [0.3, 0.4) is 0 Å². The summed E-state index contributed by atoms with van der Waals surface area (Å²) in [5.41, 5.74) is 0.419. The van der Waals surface area contributed by atoms with Crippen LogP contribution >= 0.6 is 34.5 Å². The molecule has 0 aliphatic rings. The molecule has 0 radical (unpaired) electrons. The van der Waals surface area contributed by atoms with E-state index in [1.54, 1.807) is 61.7 Å². The largest absolute Gasteiger partial charge is 0.431 e. The number of hydrogen-bond acceptors (Lipinski definition) is 4. The number of thiazole rings is 1. The Balaban J connectivity index is 1.61. The molecular weight excluding hydrogens is 403 g/mol. The number of benzene rings is 2. The fourth-order valence-corrected chi connectivity index (χ4v) is 3.18. The highest BCUT2D eigenvalue weighted by atomic mass is 35.5. The van der Waals surface area contributed by atoms with E-state index in [9.17, 15) is 4.79 Å². The van der Waals surface area contributed by atoms with Gasteiger partial charge in [-0.1, -0.05) is 64.6 Å². The summed E-state index contributed by atoms with van der Waals surface area (Å²) in [5.74, 6) is 6.30. The highest BCUT2D eigenvalue weighted by molar-refractivity contribution is 7.13. The van der Waals surface area contributed by atoms with Gasteiger partial charge in [0.15, 0.2) is 0 Å². The number of carbonyl (C=O) groups is 1. The van der Waals surface area contributed by atoms with E-state index in [2.05, 4.69) is 22.1 Å². The predicted octanol–water partition coefficient (Wildman–Crippen LogP) is 5.41. The zero-order valence-electron chi connectivity index (χ0n) is 14.2. The van der Waals surface area contributed by atoms with Crippen molar-refractivity contribution in [1.29, 1.82) is 0 Å². The van der Waals surface area contributed by atoms with Crippen LogP contribution in [0.4, 0.5) is 0 Å². The lowest BCUT2D eigenvalue weighted by molar-refractivity contribution is 0.0948. The molecule has 1 unspecified atom stereocenters. The van der Waals surface area contributed by atoms with Crippen molar-refractivity contribution in [2.24, 2.45) is 0 Å². The quantitative estimate of drug-likeness (QED) is 0.578. The van der Waals surface area contributed by atoms with Crippen LogP contribution in [0.1, 0.15) is 22.2 Å². The van der Waals surface area contributed by atoms with Crippen LogP contribution in [0.5, 0.6) is 10.9 Å². The van der Waals surface area contributed by atoms with Crippen LogP contribution in [0.15, 0.2) is 54.7 Å². The highest BCUT2D eigenvalue weighted by Crippen LogP contribution is 2.27. The van der Waals surface area contributed by atoms with Crippen molar-refractivity contribution in [2.75, 3.05) is 0 Å². The van der Waals surface area contributed by atoms with E-state index >= 15 is 0 Å². The monoisotopic (exact) mass is 416 g/mol. The van der Waals surface area contributed by atoms with Crippen LogP contribution in [-0.4, -0.2) is 16.9 Å². The lowest BCUT2D eigenvalue weighted by Crippen LogP contribution is -2.31. The first-order valence-electron chi connectivity index (χ1n) is 7.97. The van der Waals surface area contributed by atoms with Crippen molar-refractivity contribution in [3.63, 3.8) is 0 Å². The molecule has 27 heavy (non-hydrogen) atoms. The van der Waals surface area contributed by atoms with Gasteiger partial charge in [0.05, 0.1) is 22.8 Å². The molecule has 0 fully saturated rings. The Morgan fingerprint density at radius 2 is 2.04 bits per heavy atom. The number of nitrogens with zero attached hydrogens (tertiary/aromatic N) is 1. The van der Waals surface area contributed by atoms with Gasteiger partial charge in [0.2, 0.25) is 0 Å². The Labute approximate surface area is 171 Å². The van der Waals surface area contributed by atoms with Crippen molar-refractivity contribution in [2.45, 2.75) is 13.0 Å². The van der Waals surface area contributed by atoms with Gasteiger partial charge in [0.1, 0.15) is 10.6 Å². The number of halogens is 2. The maximum atomic E-state index is 12.2. The number of amides is 1. The predicted molar refractivity (Wildman–Crippen MR) is 109 cm³/mol.